The zero-order valence-corrected chi connectivity index (χ0v) is 29.1. The van der Waals surface area contributed by atoms with E-state index < -0.39 is 43.2 Å². The Hall–Kier alpha value is -4.04. The molecule has 1 aromatic carbocycles. The van der Waals surface area contributed by atoms with Crippen LogP contribution >= 0.6 is 8.18 Å². The average molecular weight is 688 g/mol. The maximum atomic E-state index is 13.2. The van der Waals surface area contributed by atoms with Crippen LogP contribution in [0.25, 0.3) is 28.8 Å². The van der Waals surface area contributed by atoms with E-state index in [9.17, 15) is 24.1 Å². The van der Waals surface area contributed by atoms with Crippen LogP contribution in [0.5, 0.6) is 5.75 Å². The molecule has 0 saturated heterocycles. The molecule has 1 aliphatic carbocycles. The third-order valence-electron chi connectivity index (χ3n) is 8.21. The number of phenols is 1. The van der Waals surface area contributed by atoms with Crippen molar-refractivity contribution in [1.29, 1.82) is 0 Å². The van der Waals surface area contributed by atoms with Gasteiger partial charge >= 0.3 is 11.9 Å². The fourth-order valence-electron chi connectivity index (χ4n) is 5.14. The number of phenolic OH excluding ortho intramolecular Hbond substituents is 1. The van der Waals surface area contributed by atoms with Crippen molar-refractivity contribution in [3.8, 4) is 17.1 Å². The van der Waals surface area contributed by atoms with Gasteiger partial charge in [0.1, 0.15) is 30.3 Å². The lowest BCUT2D eigenvalue weighted by Gasteiger charge is -2.23. The number of carbonyl (C=O) groups is 2. The number of hydrogen-bond donors (Lipinski definition) is 5. The van der Waals surface area contributed by atoms with Gasteiger partial charge in [0.2, 0.25) is 5.95 Å². The van der Waals surface area contributed by atoms with Gasteiger partial charge in [0, 0.05) is 11.8 Å². The third-order valence-corrected chi connectivity index (χ3v) is 9.16. The van der Waals surface area contributed by atoms with Crippen LogP contribution in [0, 0.1) is 17.3 Å². The Morgan fingerprint density at radius 2 is 1.90 bits per heavy atom. The molecule has 15 nitrogen and oxygen atoms in total. The van der Waals surface area contributed by atoms with Gasteiger partial charge in [-0.05, 0) is 49.3 Å². The summed E-state index contributed by atoms with van der Waals surface area (Å²) in [5.74, 6) is -1.35. The maximum Gasteiger partial charge on any atom is 0.324 e. The van der Waals surface area contributed by atoms with Crippen molar-refractivity contribution in [1.82, 2.24) is 24.6 Å². The quantitative estimate of drug-likeness (QED) is 0.107. The molecule has 1 aliphatic rings. The van der Waals surface area contributed by atoms with Gasteiger partial charge < -0.3 is 30.6 Å². The highest BCUT2D eigenvalue weighted by atomic mass is 31.1. The number of aromatic amines is 1. The molecule has 1 saturated carbocycles. The van der Waals surface area contributed by atoms with Crippen molar-refractivity contribution in [2.24, 2.45) is 23.0 Å². The molecule has 0 spiro atoms. The molecule has 1 fully saturated rings. The van der Waals surface area contributed by atoms with Gasteiger partial charge in [-0.1, -0.05) is 53.2 Å². The molecule has 3 aromatic rings. The Bertz CT molecular complexity index is 1750. The standard InChI is InChI=1S/C32H46N7O8P/c1-7-9-19(6)47-30(43)24(18(4)5)38-48(44)46-16-32(15-45-29(42)23(33)17(2)3)13-21(32)14-39-26(20-10-8-11-22(40)12-20)35-25-27(39)36-31(34)37-28(25)41/h8,10-12,14,17-19,23-24,40,48H,7,9,13,15-16,33H2,1-6H3,(H,38,44)(H3,34,36,37,41)/b21-14-/t19-,23-,24-,32-/m0/s1. The molecular weight excluding hydrogens is 641 g/mol. The molecule has 2 aromatic heterocycles. The summed E-state index contributed by atoms with van der Waals surface area (Å²) < 4.78 is 31.8. The normalized spacial score (nSPS) is 19.4. The van der Waals surface area contributed by atoms with Crippen LogP contribution in [0.3, 0.4) is 0 Å². The number of esters is 2. The third kappa shape index (κ3) is 8.70. The second kappa shape index (κ2) is 15.5. The van der Waals surface area contributed by atoms with Gasteiger partial charge in [0.05, 0.1) is 18.1 Å². The summed E-state index contributed by atoms with van der Waals surface area (Å²) in [6.07, 6.45) is 3.31. The highest BCUT2D eigenvalue weighted by Crippen LogP contribution is 2.54. The fraction of sp³-hybridized carbons (Fsp3) is 0.531. The van der Waals surface area contributed by atoms with Crippen LogP contribution in [0.4, 0.5) is 5.95 Å². The van der Waals surface area contributed by atoms with Gasteiger partial charge in [-0.25, -0.2) is 10.1 Å². The summed E-state index contributed by atoms with van der Waals surface area (Å²) in [5, 5.41) is 12.9. The first-order valence-electron chi connectivity index (χ1n) is 16.0. The topological polar surface area (TPSA) is 227 Å². The van der Waals surface area contributed by atoms with Gasteiger partial charge in [0.25, 0.3) is 13.7 Å². The number of ether oxygens (including phenoxy) is 2. The molecule has 0 radical (unpaired) electrons. The van der Waals surface area contributed by atoms with E-state index in [0.717, 1.165) is 6.42 Å². The lowest BCUT2D eigenvalue weighted by Crippen LogP contribution is -2.40. The van der Waals surface area contributed by atoms with E-state index in [4.69, 9.17) is 25.5 Å². The summed E-state index contributed by atoms with van der Waals surface area (Å²) in [7, 11) is -2.98. The average Bonchev–Trinajstić information content (AvgIpc) is 3.58. The molecule has 0 aliphatic heterocycles. The van der Waals surface area contributed by atoms with Crippen molar-refractivity contribution in [2.45, 2.75) is 79.0 Å². The molecule has 262 valence electrons. The molecule has 5 atom stereocenters. The van der Waals surface area contributed by atoms with Crippen molar-refractivity contribution < 1.29 is 33.3 Å². The van der Waals surface area contributed by atoms with E-state index in [-0.39, 0.29) is 54.0 Å². The molecule has 0 amide bonds. The van der Waals surface area contributed by atoms with Crippen LogP contribution in [-0.2, 0) is 28.2 Å². The Kier molecular flexibility index (Phi) is 11.8. The second-order valence-corrected chi connectivity index (χ2v) is 14.1. The van der Waals surface area contributed by atoms with Gasteiger partial charge in [0.15, 0.2) is 11.2 Å². The molecule has 16 heteroatoms. The van der Waals surface area contributed by atoms with Gasteiger partial charge in [-0.3, -0.25) is 28.5 Å². The zero-order chi connectivity index (χ0) is 35.3. The minimum absolute atomic E-state index is 0.0104. The minimum Gasteiger partial charge on any atom is -0.508 e. The zero-order valence-electron chi connectivity index (χ0n) is 28.1. The van der Waals surface area contributed by atoms with Crippen molar-refractivity contribution in [3.63, 3.8) is 0 Å². The Morgan fingerprint density at radius 3 is 2.54 bits per heavy atom. The summed E-state index contributed by atoms with van der Waals surface area (Å²) >= 11 is 0. The second-order valence-electron chi connectivity index (χ2n) is 12.9. The molecular formula is C32H46N7O8P. The Morgan fingerprint density at radius 1 is 1.17 bits per heavy atom. The summed E-state index contributed by atoms with van der Waals surface area (Å²) in [6, 6.07) is 4.63. The first-order valence-corrected chi connectivity index (χ1v) is 17.3. The minimum atomic E-state index is -2.98. The summed E-state index contributed by atoms with van der Waals surface area (Å²) in [6.45, 7) is 10.8. The Balaban J connectivity index is 1.65. The molecule has 48 heavy (non-hydrogen) atoms. The first kappa shape index (κ1) is 36.8. The number of carbonyl (C=O) groups excluding carboxylic acids is 2. The number of anilines is 1. The van der Waals surface area contributed by atoms with E-state index in [2.05, 4.69) is 20.0 Å². The number of nitrogen functional groups attached to an aromatic ring is 1. The number of nitrogens with two attached hydrogens (primary N) is 2. The Labute approximate surface area is 279 Å². The van der Waals surface area contributed by atoms with Crippen LogP contribution in [0.2, 0.25) is 0 Å². The number of imidazole rings is 1. The van der Waals surface area contributed by atoms with Crippen molar-refractivity contribution in [3.05, 3.63) is 40.2 Å². The number of fused-ring (bicyclic) bond motifs is 1. The fourth-order valence-corrected chi connectivity index (χ4v) is 6.34. The summed E-state index contributed by atoms with van der Waals surface area (Å²) in [5.41, 5.74) is 11.8. The van der Waals surface area contributed by atoms with Crippen LogP contribution < -0.4 is 22.1 Å². The number of nitrogens with zero attached hydrogens (tertiary/aromatic N) is 3. The van der Waals surface area contributed by atoms with Crippen LogP contribution in [-0.4, -0.2) is 68.0 Å². The molecule has 1 unspecified atom stereocenters. The first-order chi connectivity index (χ1) is 22.6. The maximum absolute atomic E-state index is 13.2. The highest BCUT2D eigenvalue weighted by Gasteiger charge is 2.51. The lowest BCUT2D eigenvalue weighted by molar-refractivity contribution is -0.152. The number of nitrogens with one attached hydrogen (secondary N) is 2. The molecule has 2 heterocycles. The summed E-state index contributed by atoms with van der Waals surface area (Å²) in [4.78, 5) is 49.6. The van der Waals surface area contributed by atoms with E-state index in [0.29, 0.717) is 29.8 Å². The SMILES string of the molecule is CCC[C@H](C)OC(=O)[C@@H](N[PH](=O)OC[C@@]1(COC(=O)[C@@H](N)C(C)C)C/C1=C/n1c(-c2cccc(O)c2)nc2c(=O)[nH]c(N)nc21)C(C)C. The predicted molar refractivity (Wildman–Crippen MR) is 182 cm³/mol. The van der Waals surface area contributed by atoms with Gasteiger partial charge in [-0.2, -0.15) is 4.98 Å². The van der Waals surface area contributed by atoms with E-state index in [1.807, 2.05) is 27.7 Å². The van der Waals surface area contributed by atoms with Crippen LogP contribution in [0.15, 0.2) is 34.6 Å². The highest BCUT2D eigenvalue weighted by molar-refractivity contribution is 7.36. The monoisotopic (exact) mass is 687 g/mol. The largest absolute Gasteiger partial charge is 0.508 e. The number of benzene rings is 1. The number of aromatic nitrogens is 4. The predicted octanol–water partition coefficient (Wildman–Crippen LogP) is 3.58. The molecule has 0 bridgehead atoms. The number of hydrogen-bond acceptors (Lipinski definition) is 12. The number of aromatic hydroxyl groups is 1. The van der Waals surface area contributed by atoms with E-state index in [1.165, 1.54) is 12.1 Å². The molecule has 4 rings (SSSR count). The number of rotatable bonds is 16. The van der Waals surface area contributed by atoms with E-state index in [1.54, 1.807) is 36.7 Å². The van der Waals surface area contributed by atoms with Gasteiger partial charge in [-0.15, -0.1) is 0 Å². The van der Waals surface area contributed by atoms with Crippen LogP contribution in [0.1, 0.15) is 60.8 Å². The molecule has 7 N–H and O–H groups in total. The lowest BCUT2D eigenvalue weighted by atomic mass is 10.1. The van der Waals surface area contributed by atoms with Crippen molar-refractivity contribution >= 4 is 43.4 Å². The van der Waals surface area contributed by atoms with Crippen molar-refractivity contribution in [2.75, 3.05) is 18.9 Å². The van der Waals surface area contributed by atoms with E-state index >= 15 is 0 Å². The smallest absolute Gasteiger partial charge is 0.324 e. The number of H-pyrrole nitrogens is 1.